The van der Waals surface area contributed by atoms with Gasteiger partial charge in [0.05, 0.1) is 17.5 Å². The molecule has 0 saturated carbocycles. The van der Waals surface area contributed by atoms with E-state index in [0.29, 0.717) is 23.7 Å². The molecule has 0 bridgehead atoms. The number of carboxylic acids is 1. The lowest BCUT2D eigenvalue weighted by molar-refractivity contribution is -0.146. The van der Waals surface area contributed by atoms with Gasteiger partial charge in [-0.2, -0.15) is 0 Å². The number of methoxy groups -OCH3 is 1. The Morgan fingerprint density at radius 2 is 2.28 bits per heavy atom. The Bertz CT molecular complexity index is 477. The van der Waals surface area contributed by atoms with Crippen LogP contribution in [0.2, 0.25) is 5.02 Å². The first-order valence-electron chi connectivity index (χ1n) is 5.78. The fraction of sp³-hybridized carbons (Fsp3) is 0.462. The summed E-state index contributed by atoms with van der Waals surface area (Å²) >= 11 is 6.07. The number of hydrogen-bond donors (Lipinski definition) is 1. The molecule has 0 amide bonds. The lowest BCUT2D eigenvalue weighted by Gasteiger charge is -2.22. The van der Waals surface area contributed by atoms with Crippen LogP contribution in [0.1, 0.15) is 13.3 Å². The van der Waals surface area contributed by atoms with Gasteiger partial charge in [-0.15, -0.1) is 0 Å². The molecule has 1 saturated heterocycles. The molecular formula is C13H16ClNO3. The van der Waals surface area contributed by atoms with E-state index >= 15 is 0 Å². The molecule has 0 spiro atoms. The van der Waals surface area contributed by atoms with Crippen molar-refractivity contribution in [1.29, 1.82) is 0 Å². The van der Waals surface area contributed by atoms with Gasteiger partial charge in [-0.3, -0.25) is 4.79 Å². The van der Waals surface area contributed by atoms with Gasteiger partial charge >= 0.3 is 5.97 Å². The summed E-state index contributed by atoms with van der Waals surface area (Å²) in [6.07, 6.45) is 0.645. The first-order chi connectivity index (χ1) is 8.46. The topological polar surface area (TPSA) is 49.8 Å². The molecule has 1 aromatic rings. The molecule has 1 heterocycles. The molecule has 98 valence electrons. The second kappa shape index (κ2) is 4.69. The highest BCUT2D eigenvalue weighted by molar-refractivity contribution is 6.32. The van der Waals surface area contributed by atoms with Crippen LogP contribution < -0.4 is 9.64 Å². The molecule has 2 rings (SSSR count). The monoisotopic (exact) mass is 269 g/mol. The van der Waals surface area contributed by atoms with Gasteiger partial charge in [0.1, 0.15) is 5.75 Å². The minimum atomic E-state index is -0.746. The number of anilines is 1. The molecule has 1 atom stereocenters. The molecular weight excluding hydrogens is 254 g/mol. The van der Waals surface area contributed by atoms with Crippen molar-refractivity contribution < 1.29 is 14.6 Å². The van der Waals surface area contributed by atoms with Crippen LogP contribution in [0, 0.1) is 5.41 Å². The maximum atomic E-state index is 11.2. The first-order valence-corrected chi connectivity index (χ1v) is 6.16. The number of ether oxygens (including phenoxy) is 1. The van der Waals surface area contributed by atoms with Crippen LogP contribution in [0.5, 0.6) is 5.75 Å². The van der Waals surface area contributed by atoms with E-state index in [0.717, 1.165) is 12.2 Å². The first kappa shape index (κ1) is 13.0. The number of hydrogen-bond acceptors (Lipinski definition) is 3. The second-order valence-corrected chi connectivity index (χ2v) is 5.26. The van der Waals surface area contributed by atoms with Gasteiger partial charge in [-0.25, -0.2) is 0 Å². The van der Waals surface area contributed by atoms with Gasteiger partial charge in [0.2, 0.25) is 0 Å². The molecule has 0 aliphatic carbocycles. The van der Waals surface area contributed by atoms with Crippen LogP contribution in [0.15, 0.2) is 18.2 Å². The van der Waals surface area contributed by atoms with Crippen LogP contribution in [0.3, 0.4) is 0 Å². The van der Waals surface area contributed by atoms with Crippen molar-refractivity contribution in [1.82, 2.24) is 0 Å². The maximum absolute atomic E-state index is 11.2. The Balaban J connectivity index is 2.19. The van der Waals surface area contributed by atoms with E-state index in [-0.39, 0.29) is 0 Å². The third kappa shape index (κ3) is 2.25. The summed E-state index contributed by atoms with van der Waals surface area (Å²) in [5, 5.41) is 9.74. The van der Waals surface area contributed by atoms with Crippen molar-refractivity contribution in [2.24, 2.45) is 5.41 Å². The number of nitrogens with zero attached hydrogens (tertiary/aromatic N) is 1. The molecule has 1 aliphatic rings. The molecule has 5 heteroatoms. The molecule has 0 radical (unpaired) electrons. The number of benzene rings is 1. The predicted molar refractivity (Wildman–Crippen MR) is 70.6 cm³/mol. The normalized spacial score (nSPS) is 23.2. The zero-order valence-corrected chi connectivity index (χ0v) is 11.2. The van der Waals surface area contributed by atoms with Crippen LogP contribution >= 0.6 is 11.6 Å². The summed E-state index contributed by atoms with van der Waals surface area (Å²) in [5.41, 5.74) is 0.262. The predicted octanol–water partition coefficient (Wildman–Crippen LogP) is 2.65. The summed E-state index contributed by atoms with van der Waals surface area (Å²) in [6.45, 7) is 3.01. The third-order valence-electron chi connectivity index (χ3n) is 3.49. The molecule has 0 aromatic heterocycles. The van der Waals surface area contributed by atoms with Crippen LogP contribution in [-0.4, -0.2) is 31.3 Å². The number of carboxylic acid groups (broad SMARTS) is 1. The van der Waals surface area contributed by atoms with Gasteiger partial charge in [0.15, 0.2) is 0 Å². The van der Waals surface area contributed by atoms with Crippen molar-refractivity contribution in [2.45, 2.75) is 13.3 Å². The minimum absolute atomic E-state index is 0.505. The Morgan fingerprint density at radius 1 is 1.56 bits per heavy atom. The highest BCUT2D eigenvalue weighted by Crippen LogP contribution is 2.36. The maximum Gasteiger partial charge on any atom is 0.311 e. The average Bonchev–Trinajstić information content (AvgIpc) is 2.73. The van der Waals surface area contributed by atoms with E-state index in [1.807, 2.05) is 17.0 Å². The van der Waals surface area contributed by atoms with Gasteiger partial charge in [0.25, 0.3) is 0 Å². The average molecular weight is 270 g/mol. The lowest BCUT2D eigenvalue weighted by Crippen LogP contribution is -2.31. The van der Waals surface area contributed by atoms with E-state index < -0.39 is 11.4 Å². The molecule has 1 aliphatic heterocycles. The Hall–Kier alpha value is -1.42. The highest BCUT2D eigenvalue weighted by atomic mass is 35.5. The summed E-state index contributed by atoms with van der Waals surface area (Å²) in [4.78, 5) is 13.2. The standard InChI is InChI=1S/C13H16ClNO3/c1-13(12(16)17)5-6-15(8-13)9-3-4-11(18-2)10(14)7-9/h3-4,7H,5-6,8H2,1-2H3,(H,16,17). The summed E-state index contributed by atoms with van der Waals surface area (Å²) in [5.74, 6) is -0.120. The van der Waals surface area contributed by atoms with E-state index in [1.54, 1.807) is 20.1 Å². The molecule has 1 fully saturated rings. The number of rotatable bonds is 3. The summed E-state index contributed by atoms with van der Waals surface area (Å²) in [6, 6.07) is 5.51. The van der Waals surface area contributed by atoms with E-state index in [9.17, 15) is 9.90 Å². The van der Waals surface area contributed by atoms with Gasteiger partial charge < -0.3 is 14.7 Å². The molecule has 1 aromatic carbocycles. The van der Waals surface area contributed by atoms with Gasteiger partial charge in [-0.1, -0.05) is 11.6 Å². The molecule has 1 unspecified atom stereocenters. The smallest absolute Gasteiger partial charge is 0.311 e. The molecule has 1 N–H and O–H groups in total. The van der Waals surface area contributed by atoms with Gasteiger partial charge in [0, 0.05) is 18.8 Å². The third-order valence-corrected chi connectivity index (χ3v) is 3.79. The fourth-order valence-electron chi connectivity index (χ4n) is 2.21. The zero-order chi connectivity index (χ0) is 13.3. The van der Waals surface area contributed by atoms with Crippen molar-refractivity contribution in [3.63, 3.8) is 0 Å². The number of carbonyl (C=O) groups is 1. The number of halogens is 1. The summed E-state index contributed by atoms with van der Waals surface area (Å²) < 4.78 is 5.10. The van der Waals surface area contributed by atoms with E-state index in [4.69, 9.17) is 16.3 Å². The van der Waals surface area contributed by atoms with Crippen LogP contribution in [0.25, 0.3) is 0 Å². The molecule has 4 nitrogen and oxygen atoms in total. The largest absolute Gasteiger partial charge is 0.495 e. The second-order valence-electron chi connectivity index (χ2n) is 4.86. The fourth-order valence-corrected chi connectivity index (χ4v) is 2.46. The highest BCUT2D eigenvalue weighted by Gasteiger charge is 2.40. The zero-order valence-electron chi connectivity index (χ0n) is 10.4. The van der Waals surface area contributed by atoms with Crippen LogP contribution in [0.4, 0.5) is 5.69 Å². The van der Waals surface area contributed by atoms with Crippen molar-refractivity contribution >= 4 is 23.3 Å². The van der Waals surface area contributed by atoms with Crippen molar-refractivity contribution in [3.8, 4) is 5.75 Å². The lowest BCUT2D eigenvalue weighted by atomic mass is 9.90. The Morgan fingerprint density at radius 3 is 2.78 bits per heavy atom. The minimum Gasteiger partial charge on any atom is -0.495 e. The molecule has 18 heavy (non-hydrogen) atoms. The van der Waals surface area contributed by atoms with Gasteiger partial charge in [-0.05, 0) is 31.5 Å². The Kier molecular flexibility index (Phi) is 3.39. The van der Waals surface area contributed by atoms with Crippen LogP contribution in [-0.2, 0) is 4.79 Å². The van der Waals surface area contributed by atoms with Crippen molar-refractivity contribution in [3.05, 3.63) is 23.2 Å². The van der Waals surface area contributed by atoms with E-state index in [1.165, 1.54) is 0 Å². The SMILES string of the molecule is COc1ccc(N2CCC(C)(C(=O)O)C2)cc1Cl. The Labute approximate surface area is 111 Å². The van der Waals surface area contributed by atoms with Crippen molar-refractivity contribution in [2.75, 3.05) is 25.1 Å². The number of aliphatic carboxylic acids is 1. The van der Waals surface area contributed by atoms with E-state index in [2.05, 4.69) is 0 Å². The quantitative estimate of drug-likeness (QED) is 0.917. The summed E-state index contributed by atoms with van der Waals surface area (Å²) in [7, 11) is 1.57.